The molecule has 0 bridgehead atoms. The normalized spacial score (nSPS) is 33.7. The lowest BCUT2D eigenvalue weighted by Crippen LogP contribution is -2.49. The summed E-state index contributed by atoms with van der Waals surface area (Å²) in [6.45, 7) is 14.5. The van der Waals surface area contributed by atoms with E-state index in [-0.39, 0.29) is 23.0 Å². The predicted molar refractivity (Wildman–Crippen MR) is 118 cm³/mol. The summed E-state index contributed by atoms with van der Waals surface area (Å²) < 4.78 is 6.35. The lowest BCUT2D eigenvalue weighted by molar-refractivity contribution is -0.110. The molecule has 1 aromatic carbocycles. The summed E-state index contributed by atoms with van der Waals surface area (Å²) in [5.41, 5.74) is 1.80. The van der Waals surface area contributed by atoms with Crippen molar-refractivity contribution in [1.29, 1.82) is 0 Å². The first-order valence-electron chi connectivity index (χ1n) is 11.0. The van der Waals surface area contributed by atoms with Crippen LogP contribution in [-0.4, -0.2) is 30.7 Å². The summed E-state index contributed by atoms with van der Waals surface area (Å²) >= 11 is 0. The average molecular weight is 405 g/mol. The van der Waals surface area contributed by atoms with E-state index in [0.29, 0.717) is 12.5 Å². The van der Waals surface area contributed by atoms with Gasteiger partial charge in [-0.05, 0) is 73.2 Å². The molecule has 0 unspecified atom stereocenters. The largest absolute Gasteiger partial charge is 0.413 e. The van der Waals surface area contributed by atoms with Gasteiger partial charge in [-0.2, -0.15) is 0 Å². The molecular formula is C24H40O3Si. The fourth-order valence-corrected chi connectivity index (χ4v) is 6.06. The maximum Gasteiger partial charge on any atom is 0.192 e. The molecule has 4 atom stereocenters. The van der Waals surface area contributed by atoms with E-state index < -0.39 is 13.9 Å². The molecule has 2 aliphatic carbocycles. The summed E-state index contributed by atoms with van der Waals surface area (Å²) in [5, 5.41) is 21.3. The highest BCUT2D eigenvalue weighted by atomic mass is 28.4. The Balaban J connectivity index is 1.65. The Morgan fingerprint density at radius 1 is 1.11 bits per heavy atom. The second-order valence-corrected chi connectivity index (χ2v) is 15.9. The zero-order valence-electron chi connectivity index (χ0n) is 18.7. The van der Waals surface area contributed by atoms with Gasteiger partial charge in [0.15, 0.2) is 8.32 Å². The Bertz CT molecular complexity index is 678. The Hall–Kier alpha value is -0.683. The number of rotatable bonds is 5. The van der Waals surface area contributed by atoms with Crippen LogP contribution in [0, 0.1) is 11.3 Å². The number of benzene rings is 1. The fraction of sp³-hybridized carbons (Fsp3) is 0.750. The highest BCUT2D eigenvalue weighted by Gasteiger charge is 2.58. The highest BCUT2D eigenvalue weighted by molar-refractivity contribution is 6.74. The lowest BCUT2D eigenvalue weighted by Gasteiger charge is -2.49. The van der Waals surface area contributed by atoms with Crippen molar-refractivity contribution in [2.24, 2.45) is 11.3 Å². The maximum absolute atomic E-state index is 11.4. The molecule has 3 nitrogen and oxygen atoms in total. The molecule has 28 heavy (non-hydrogen) atoms. The van der Waals surface area contributed by atoms with Crippen molar-refractivity contribution in [3.05, 3.63) is 35.4 Å². The molecule has 3 rings (SSSR count). The van der Waals surface area contributed by atoms with Crippen LogP contribution in [0.1, 0.15) is 76.8 Å². The standard InChI is InChI=1S/C24H40O3Si/c1-22(2,3)28(5,6)27-17-18-7-9-19(10-8-18)20-11-13-23(4)21(16-25)12-14-24(23,26)15-20/h7-10,20-21,25-26H,11-17H2,1-6H3/t20-,21+,23+,24-/m0/s1. The van der Waals surface area contributed by atoms with E-state index in [1.165, 1.54) is 11.1 Å². The summed E-state index contributed by atoms with van der Waals surface area (Å²) in [6, 6.07) is 8.87. The van der Waals surface area contributed by atoms with Gasteiger partial charge in [0.2, 0.25) is 0 Å². The van der Waals surface area contributed by atoms with Gasteiger partial charge in [-0.25, -0.2) is 0 Å². The van der Waals surface area contributed by atoms with Crippen molar-refractivity contribution in [2.45, 2.75) is 96.1 Å². The van der Waals surface area contributed by atoms with Crippen LogP contribution in [0.25, 0.3) is 0 Å². The summed E-state index contributed by atoms with van der Waals surface area (Å²) in [7, 11) is -1.73. The van der Waals surface area contributed by atoms with Crippen LogP contribution in [0.15, 0.2) is 24.3 Å². The zero-order chi connectivity index (χ0) is 20.8. The number of aliphatic hydroxyl groups excluding tert-OH is 1. The average Bonchev–Trinajstić information content (AvgIpc) is 2.89. The minimum atomic E-state index is -1.73. The van der Waals surface area contributed by atoms with Gasteiger partial charge >= 0.3 is 0 Å². The van der Waals surface area contributed by atoms with E-state index in [9.17, 15) is 10.2 Å². The van der Waals surface area contributed by atoms with E-state index in [1.54, 1.807) is 0 Å². The van der Waals surface area contributed by atoms with Gasteiger partial charge in [-0.3, -0.25) is 0 Å². The SMILES string of the molecule is CC(C)(C)[Si](C)(C)OCc1ccc([C@H]2CC[C@]3(C)[C@@H](CO)CC[C@]3(O)C2)cc1. The predicted octanol–water partition coefficient (Wildman–Crippen LogP) is 5.62. The summed E-state index contributed by atoms with van der Waals surface area (Å²) in [6.07, 6.45) is 4.67. The monoisotopic (exact) mass is 404 g/mol. The minimum Gasteiger partial charge on any atom is -0.413 e. The smallest absolute Gasteiger partial charge is 0.192 e. The van der Waals surface area contributed by atoms with Gasteiger partial charge in [0, 0.05) is 12.0 Å². The van der Waals surface area contributed by atoms with Crippen molar-refractivity contribution < 1.29 is 14.6 Å². The number of aliphatic hydroxyl groups is 2. The Morgan fingerprint density at radius 3 is 2.32 bits per heavy atom. The Labute approximate surface area is 172 Å². The number of hydrogen-bond acceptors (Lipinski definition) is 3. The van der Waals surface area contributed by atoms with Crippen LogP contribution < -0.4 is 0 Å². The van der Waals surface area contributed by atoms with Gasteiger partial charge in [0.1, 0.15) is 0 Å². The fourth-order valence-electron chi connectivity index (χ4n) is 5.10. The Morgan fingerprint density at radius 2 is 1.75 bits per heavy atom. The minimum absolute atomic E-state index is 0.130. The molecule has 158 valence electrons. The molecule has 0 spiro atoms. The van der Waals surface area contributed by atoms with E-state index in [0.717, 1.165) is 32.1 Å². The molecular weight excluding hydrogens is 364 g/mol. The molecule has 2 N–H and O–H groups in total. The van der Waals surface area contributed by atoms with Gasteiger partial charge in [-0.1, -0.05) is 52.0 Å². The quantitative estimate of drug-likeness (QED) is 0.627. The zero-order valence-corrected chi connectivity index (χ0v) is 19.7. The number of hydrogen-bond donors (Lipinski definition) is 2. The molecule has 0 saturated heterocycles. The van der Waals surface area contributed by atoms with Crippen molar-refractivity contribution in [3.8, 4) is 0 Å². The van der Waals surface area contributed by atoms with Crippen LogP contribution in [0.3, 0.4) is 0 Å². The van der Waals surface area contributed by atoms with Crippen molar-refractivity contribution in [2.75, 3.05) is 6.61 Å². The first-order valence-corrected chi connectivity index (χ1v) is 13.9. The summed E-state index contributed by atoms with van der Waals surface area (Å²) in [5.74, 6) is 0.652. The van der Waals surface area contributed by atoms with Gasteiger partial charge in [0.05, 0.1) is 12.2 Å². The summed E-state index contributed by atoms with van der Waals surface area (Å²) in [4.78, 5) is 0. The van der Waals surface area contributed by atoms with Crippen molar-refractivity contribution >= 4 is 8.32 Å². The van der Waals surface area contributed by atoms with Crippen LogP contribution in [0.5, 0.6) is 0 Å². The molecule has 2 saturated carbocycles. The van der Waals surface area contributed by atoms with Crippen LogP contribution >= 0.6 is 0 Å². The molecule has 0 amide bonds. The highest BCUT2D eigenvalue weighted by Crippen LogP contribution is 2.60. The first kappa shape index (κ1) is 22.0. The lowest BCUT2D eigenvalue weighted by atomic mass is 9.59. The van der Waals surface area contributed by atoms with Gasteiger partial charge in [0.25, 0.3) is 0 Å². The molecule has 4 heteroatoms. The van der Waals surface area contributed by atoms with E-state index in [4.69, 9.17) is 4.43 Å². The third-order valence-electron chi connectivity index (χ3n) is 8.54. The van der Waals surface area contributed by atoms with Crippen molar-refractivity contribution in [3.63, 3.8) is 0 Å². The topological polar surface area (TPSA) is 49.7 Å². The van der Waals surface area contributed by atoms with E-state index in [2.05, 4.69) is 65.1 Å². The molecule has 0 radical (unpaired) electrons. The molecule has 0 heterocycles. The molecule has 2 aliphatic rings. The van der Waals surface area contributed by atoms with Crippen LogP contribution in [0.2, 0.25) is 18.1 Å². The third kappa shape index (κ3) is 3.85. The number of fused-ring (bicyclic) bond motifs is 1. The first-order chi connectivity index (χ1) is 12.9. The van der Waals surface area contributed by atoms with E-state index >= 15 is 0 Å². The van der Waals surface area contributed by atoms with E-state index in [1.807, 2.05) is 0 Å². The molecule has 0 aromatic heterocycles. The van der Waals surface area contributed by atoms with Crippen LogP contribution in [0.4, 0.5) is 0 Å². The molecule has 1 aromatic rings. The van der Waals surface area contributed by atoms with Crippen LogP contribution in [-0.2, 0) is 11.0 Å². The second kappa shape index (κ2) is 7.53. The van der Waals surface area contributed by atoms with Gasteiger partial charge < -0.3 is 14.6 Å². The third-order valence-corrected chi connectivity index (χ3v) is 13.0. The molecule has 2 fully saturated rings. The maximum atomic E-state index is 11.4. The second-order valence-electron chi connectivity index (χ2n) is 11.1. The van der Waals surface area contributed by atoms with Crippen molar-refractivity contribution in [1.82, 2.24) is 0 Å². The Kier molecular flexibility index (Phi) is 5.92. The molecule has 0 aliphatic heterocycles. The van der Waals surface area contributed by atoms with Gasteiger partial charge in [-0.15, -0.1) is 0 Å².